The Morgan fingerprint density at radius 2 is 2.05 bits per heavy atom. The molecule has 0 bridgehead atoms. The maximum Gasteiger partial charge on any atom is 0.257 e. The summed E-state index contributed by atoms with van der Waals surface area (Å²) in [6.07, 6.45) is 1.53. The summed E-state index contributed by atoms with van der Waals surface area (Å²) in [4.78, 5) is 16.2. The van der Waals surface area contributed by atoms with Gasteiger partial charge in [0.15, 0.2) is 0 Å². The summed E-state index contributed by atoms with van der Waals surface area (Å²) >= 11 is 6.01. The molecule has 0 atom stereocenters. The van der Waals surface area contributed by atoms with Crippen LogP contribution >= 0.6 is 11.6 Å². The molecule has 0 saturated carbocycles. The van der Waals surface area contributed by atoms with E-state index in [4.69, 9.17) is 11.6 Å². The summed E-state index contributed by atoms with van der Waals surface area (Å²) in [5, 5.41) is 6.35. The molecule has 0 aliphatic heterocycles. The number of benzene rings is 1. The SMILES string of the molecule is CNc1ccc(C(=O)Nc2cccc(Cl)c2C)cn1. The van der Waals surface area contributed by atoms with Gasteiger partial charge in [-0.15, -0.1) is 0 Å². The summed E-state index contributed by atoms with van der Waals surface area (Å²) in [7, 11) is 1.78. The molecule has 1 heterocycles. The van der Waals surface area contributed by atoms with E-state index in [9.17, 15) is 4.79 Å². The minimum absolute atomic E-state index is 0.208. The predicted octanol–water partition coefficient (Wildman–Crippen LogP) is 3.34. The molecule has 98 valence electrons. The maximum absolute atomic E-state index is 12.1. The largest absolute Gasteiger partial charge is 0.373 e. The van der Waals surface area contributed by atoms with Crippen molar-refractivity contribution in [2.45, 2.75) is 6.92 Å². The van der Waals surface area contributed by atoms with Gasteiger partial charge < -0.3 is 10.6 Å². The number of hydrogen-bond donors (Lipinski definition) is 2. The highest BCUT2D eigenvalue weighted by atomic mass is 35.5. The summed E-state index contributed by atoms with van der Waals surface area (Å²) < 4.78 is 0. The Labute approximate surface area is 116 Å². The Kier molecular flexibility index (Phi) is 4.02. The van der Waals surface area contributed by atoms with Crippen LogP contribution in [-0.4, -0.2) is 17.9 Å². The summed E-state index contributed by atoms with van der Waals surface area (Å²) in [6.45, 7) is 1.86. The molecule has 0 radical (unpaired) electrons. The van der Waals surface area contributed by atoms with Crippen LogP contribution in [0.2, 0.25) is 5.02 Å². The second-order valence-corrected chi connectivity index (χ2v) is 4.46. The van der Waals surface area contributed by atoms with Crippen LogP contribution in [0.5, 0.6) is 0 Å². The number of pyridine rings is 1. The Balaban J connectivity index is 2.18. The molecule has 2 rings (SSSR count). The van der Waals surface area contributed by atoms with Crippen molar-refractivity contribution in [3.05, 3.63) is 52.7 Å². The van der Waals surface area contributed by atoms with E-state index >= 15 is 0 Å². The van der Waals surface area contributed by atoms with Crippen LogP contribution < -0.4 is 10.6 Å². The molecule has 2 N–H and O–H groups in total. The van der Waals surface area contributed by atoms with Crippen molar-refractivity contribution in [2.75, 3.05) is 17.7 Å². The van der Waals surface area contributed by atoms with Crippen LogP contribution in [0.1, 0.15) is 15.9 Å². The highest BCUT2D eigenvalue weighted by molar-refractivity contribution is 6.31. The number of anilines is 2. The number of carbonyl (C=O) groups excluding carboxylic acids is 1. The molecule has 19 heavy (non-hydrogen) atoms. The second-order valence-electron chi connectivity index (χ2n) is 4.05. The normalized spacial score (nSPS) is 10.1. The number of aromatic nitrogens is 1. The average Bonchev–Trinajstić information content (AvgIpc) is 2.44. The van der Waals surface area contributed by atoms with E-state index in [1.165, 1.54) is 6.20 Å². The lowest BCUT2D eigenvalue weighted by molar-refractivity contribution is 0.102. The van der Waals surface area contributed by atoms with E-state index in [2.05, 4.69) is 15.6 Å². The molecule has 4 nitrogen and oxygen atoms in total. The first kappa shape index (κ1) is 13.4. The molecule has 0 fully saturated rings. The quantitative estimate of drug-likeness (QED) is 0.903. The van der Waals surface area contributed by atoms with Crippen LogP contribution in [0.3, 0.4) is 0 Å². The zero-order valence-electron chi connectivity index (χ0n) is 10.7. The number of rotatable bonds is 3. The first-order chi connectivity index (χ1) is 9.11. The van der Waals surface area contributed by atoms with Gasteiger partial charge in [-0.05, 0) is 36.8 Å². The predicted molar refractivity (Wildman–Crippen MR) is 77.9 cm³/mol. The lowest BCUT2D eigenvalue weighted by Crippen LogP contribution is -2.13. The third kappa shape index (κ3) is 3.03. The molecule has 0 unspecified atom stereocenters. The third-order valence-electron chi connectivity index (χ3n) is 2.80. The lowest BCUT2D eigenvalue weighted by Gasteiger charge is -2.09. The monoisotopic (exact) mass is 275 g/mol. The van der Waals surface area contributed by atoms with Crippen LogP contribution in [-0.2, 0) is 0 Å². The molecule has 2 aromatic rings. The fourth-order valence-electron chi connectivity index (χ4n) is 1.61. The molecule has 1 aromatic heterocycles. The van der Waals surface area contributed by atoms with E-state index in [1.54, 1.807) is 31.3 Å². The zero-order chi connectivity index (χ0) is 13.8. The smallest absolute Gasteiger partial charge is 0.257 e. The number of nitrogens with zero attached hydrogens (tertiary/aromatic N) is 1. The second kappa shape index (κ2) is 5.71. The highest BCUT2D eigenvalue weighted by Crippen LogP contribution is 2.23. The highest BCUT2D eigenvalue weighted by Gasteiger charge is 2.09. The van der Waals surface area contributed by atoms with Gasteiger partial charge in [0.2, 0.25) is 0 Å². The van der Waals surface area contributed by atoms with Gasteiger partial charge in [-0.25, -0.2) is 4.98 Å². The summed E-state index contributed by atoms with van der Waals surface area (Å²) in [5.74, 6) is 0.510. The third-order valence-corrected chi connectivity index (χ3v) is 3.21. The Morgan fingerprint density at radius 3 is 2.68 bits per heavy atom. The fourth-order valence-corrected chi connectivity index (χ4v) is 1.79. The van der Waals surface area contributed by atoms with Crippen molar-refractivity contribution in [2.24, 2.45) is 0 Å². The molecule has 0 aliphatic carbocycles. The van der Waals surface area contributed by atoms with Crippen molar-refractivity contribution in [1.82, 2.24) is 4.98 Å². The lowest BCUT2D eigenvalue weighted by atomic mass is 10.2. The van der Waals surface area contributed by atoms with Gasteiger partial charge in [0, 0.05) is 24.0 Å². The number of carbonyl (C=O) groups is 1. The van der Waals surface area contributed by atoms with E-state index < -0.39 is 0 Å². The minimum Gasteiger partial charge on any atom is -0.373 e. The zero-order valence-corrected chi connectivity index (χ0v) is 11.5. The van der Waals surface area contributed by atoms with Gasteiger partial charge >= 0.3 is 0 Å². The van der Waals surface area contributed by atoms with Crippen LogP contribution in [0.25, 0.3) is 0 Å². The summed E-state index contributed by atoms with van der Waals surface area (Å²) in [5.41, 5.74) is 2.05. The first-order valence-corrected chi connectivity index (χ1v) is 6.20. The van der Waals surface area contributed by atoms with Crippen molar-refractivity contribution in [1.29, 1.82) is 0 Å². The molecule has 0 spiro atoms. The van der Waals surface area contributed by atoms with E-state index in [-0.39, 0.29) is 5.91 Å². The van der Waals surface area contributed by atoms with Crippen LogP contribution in [0.4, 0.5) is 11.5 Å². The topological polar surface area (TPSA) is 54.0 Å². The van der Waals surface area contributed by atoms with Gasteiger partial charge in [0.1, 0.15) is 5.82 Å². The van der Waals surface area contributed by atoms with E-state index in [1.807, 2.05) is 13.0 Å². The van der Waals surface area contributed by atoms with Gasteiger partial charge in [-0.3, -0.25) is 4.79 Å². The fraction of sp³-hybridized carbons (Fsp3) is 0.143. The van der Waals surface area contributed by atoms with Crippen molar-refractivity contribution >= 4 is 29.0 Å². The van der Waals surface area contributed by atoms with Gasteiger partial charge in [-0.1, -0.05) is 17.7 Å². The minimum atomic E-state index is -0.208. The molecule has 0 aliphatic rings. The first-order valence-electron chi connectivity index (χ1n) is 5.82. The maximum atomic E-state index is 12.1. The van der Waals surface area contributed by atoms with Crippen LogP contribution in [0, 0.1) is 6.92 Å². The van der Waals surface area contributed by atoms with E-state index in [0.717, 1.165) is 11.4 Å². The van der Waals surface area contributed by atoms with Gasteiger partial charge in [0.05, 0.1) is 5.56 Å². The Hall–Kier alpha value is -2.07. The summed E-state index contributed by atoms with van der Waals surface area (Å²) in [6, 6.07) is 8.87. The molecular formula is C14H14ClN3O. The number of halogens is 1. The Bertz CT molecular complexity index is 596. The van der Waals surface area contributed by atoms with Gasteiger partial charge in [-0.2, -0.15) is 0 Å². The molecule has 5 heteroatoms. The number of hydrogen-bond acceptors (Lipinski definition) is 3. The van der Waals surface area contributed by atoms with Crippen molar-refractivity contribution in [3.8, 4) is 0 Å². The Morgan fingerprint density at radius 1 is 1.26 bits per heavy atom. The number of nitrogens with one attached hydrogen (secondary N) is 2. The van der Waals surface area contributed by atoms with Crippen LogP contribution in [0.15, 0.2) is 36.5 Å². The average molecular weight is 276 g/mol. The van der Waals surface area contributed by atoms with Gasteiger partial charge in [0.25, 0.3) is 5.91 Å². The van der Waals surface area contributed by atoms with Crippen molar-refractivity contribution < 1.29 is 4.79 Å². The molecule has 1 aromatic carbocycles. The molecular weight excluding hydrogens is 262 g/mol. The van der Waals surface area contributed by atoms with Crippen molar-refractivity contribution in [3.63, 3.8) is 0 Å². The number of amides is 1. The molecule has 0 saturated heterocycles. The standard InChI is InChI=1S/C14H14ClN3O/c1-9-11(15)4-3-5-12(9)18-14(19)10-6-7-13(16-2)17-8-10/h3-8H,1-2H3,(H,16,17)(H,18,19). The molecule has 1 amide bonds. The van der Waals surface area contributed by atoms with E-state index in [0.29, 0.717) is 16.3 Å².